The van der Waals surface area contributed by atoms with Crippen molar-refractivity contribution in [2.75, 3.05) is 51.7 Å². The van der Waals surface area contributed by atoms with E-state index in [-0.39, 0.29) is 0 Å². The molecule has 2 N–H and O–H groups in total. The van der Waals surface area contributed by atoms with Crippen molar-refractivity contribution in [3.05, 3.63) is 28.7 Å². The second-order valence-corrected chi connectivity index (χ2v) is 8.17. The highest BCUT2D eigenvalue weighted by atomic mass is 79.9. The number of hydrogen-bond acceptors (Lipinski definition) is 3. The Labute approximate surface area is 160 Å². The van der Waals surface area contributed by atoms with E-state index in [1.54, 1.807) is 0 Å². The van der Waals surface area contributed by atoms with E-state index in [9.17, 15) is 0 Å². The molecule has 5 nitrogen and oxygen atoms in total. The number of piperidine rings is 1. The van der Waals surface area contributed by atoms with Gasteiger partial charge >= 0.3 is 0 Å². The van der Waals surface area contributed by atoms with Gasteiger partial charge in [-0.1, -0.05) is 15.9 Å². The van der Waals surface area contributed by atoms with Crippen molar-refractivity contribution in [3.8, 4) is 0 Å². The van der Waals surface area contributed by atoms with Crippen molar-refractivity contribution in [1.29, 1.82) is 0 Å². The molecule has 1 aromatic rings. The molecule has 0 aromatic heterocycles. The predicted octanol–water partition coefficient (Wildman–Crippen LogP) is 2.53. The van der Waals surface area contributed by atoms with Gasteiger partial charge in [-0.15, -0.1) is 0 Å². The molecule has 3 rings (SSSR count). The third-order valence-electron chi connectivity index (χ3n) is 5.34. The molecular weight excluding hydrogens is 378 g/mol. The Bertz CT molecular complexity index is 566. The zero-order chi connectivity index (χ0) is 17.6. The molecule has 2 heterocycles. The van der Waals surface area contributed by atoms with Crippen LogP contribution in [0.15, 0.2) is 33.7 Å². The molecule has 2 aliphatic heterocycles. The van der Waals surface area contributed by atoms with Crippen molar-refractivity contribution >= 4 is 27.6 Å². The molecule has 1 atom stereocenters. The number of anilines is 1. The van der Waals surface area contributed by atoms with Crippen molar-refractivity contribution < 1.29 is 0 Å². The van der Waals surface area contributed by atoms with Crippen LogP contribution in [0.2, 0.25) is 0 Å². The summed E-state index contributed by atoms with van der Waals surface area (Å²) in [6, 6.07) is 9.03. The van der Waals surface area contributed by atoms with Crippen LogP contribution in [0.25, 0.3) is 0 Å². The first-order chi connectivity index (χ1) is 12.1. The van der Waals surface area contributed by atoms with Gasteiger partial charge in [0.1, 0.15) is 0 Å². The molecule has 0 spiro atoms. The fourth-order valence-electron chi connectivity index (χ4n) is 3.66. The van der Waals surface area contributed by atoms with E-state index < -0.39 is 0 Å². The molecule has 0 radical (unpaired) electrons. The van der Waals surface area contributed by atoms with Crippen LogP contribution in [-0.2, 0) is 0 Å². The van der Waals surface area contributed by atoms with Gasteiger partial charge in [0.05, 0.1) is 0 Å². The maximum Gasteiger partial charge on any atom is 0.191 e. The van der Waals surface area contributed by atoms with Crippen LogP contribution < -0.4 is 15.5 Å². The van der Waals surface area contributed by atoms with Gasteiger partial charge in [0.2, 0.25) is 0 Å². The lowest BCUT2D eigenvalue weighted by atomic mass is 9.97. The average Bonchev–Trinajstić information content (AvgIpc) is 3.09. The van der Waals surface area contributed by atoms with Crippen LogP contribution in [0.3, 0.4) is 0 Å². The highest BCUT2D eigenvalue weighted by molar-refractivity contribution is 9.10. The molecule has 25 heavy (non-hydrogen) atoms. The number of rotatable bonds is 4. The maximum absolute atomic E-state index is 4.42. The first-order valence-corrected chi connectivity index (χ1v) is 10.1. The van der Waals surface area contributed by atoms with Gasteiger partial charge in [-0.3, -0.25) is 4.99 Å². The van der Waals surface area contributed by atoms with Gasteiger partial charge < -0.3 is 20.4 Å². The monoisotopic (exact) mass is 407 g/mol. The molecule has 2 aliphatic rings. The number of benzene rings is 1. The number of halogens is 1. The largest absolute Gasteiger partial charge is 0.369 e. The SMILES string of the molecule is CN=C(NCC1CCN(C)CC1)NC1CCN(c2ccc(Br)cc2)C1. The van der Waals surface area contributed by atoms with E-state index >= 15 is 0 Å². The van der Waals surface area contributed by atoms with Gasteiger partial charge in [-0.2, -0.15) is 0 Å². The third-order valence-corrected chi connectivity index (χ3v) is 5.87. The smallest absolute Gasteiger partial charge is 0.191 e. The van der Waals surface area contributed by atoms with E-state index in [0.717, 1.165) is 42.4 Å². The molecule has 6 heteroatoms. The highest BCUT2D eigenvalue weighted by Gasteiger charge is 2.24. The number of nitrogens with one attached hydrogen (secondary N) is 2. The second kappa shape index (κ2) is 8.90. The van der Waals surface area contributed by atoms with Crippen molar-refractivity contribution in [2.24, 2.45) is 10.9 Å². The molecule has 2 fully saturated rings. The van der Waals surface area contributed by atoms with E-state index in [4.69, 9.17) is 0 Å². The van der Waals surface area contributed by atoms with E-state index in [0.29, 0.717) is 6.04 Å². The average molecular weight is 408 g/mol. The molecule has 1 aromatic carbocycles. The van der Waals surface area contributed by atoms with Crippen molar-refractivity contribution in [1.82, 2.24) is 15.5 Å². The molecule has 0 saturated carbocycles. The topological polar surface area (TPSA) is 42.9 Å². The fourth-order valence-corrected chi connectivity index (χ4v) is 3.92. The summed E-state index contributed by atoms with van der Waals surface area (Å²) < 4.78 is 1.13. The van der Waals surface area contributed by atoms with Crippen LogP contribution in [0.4, 0.5) is 5.69 Å². The number of hydrogen-bond donors (Lipinski definition) is 2. The highest BCUT2D eigenvalue weighted by Crippen LogP contribution is 2.22. The zero-order valence-corrected chi connectivity index (χ0v) is 16.9. The summed E-state index contributed by atoms with van der Waals surface area (Å²) >= 11 is 3.50. The van der Waals surface area contributed by atoms with E-state index in [1.165, 1.54) is 31.6 Å². The lowest BCUT2D eigenvalue weighted by Crippen LogP contribution is -2.46. The summed E-state index contributed by atoms with van der Waals surface area (Å²) in [6.07, 6.45) is 3.70. The Hall–Kier alpha value is -1.27. The molecule has 138 valence electrons. The van der Waals surface area contributed by atoms with Crippen LogP contribution in [0.1, 0.15) is 19.3 Å². The molecule has 2 saturated heterocycles. The normalized spacial score (nSPS) is 23.1. The Balaban J connectivity index is 1.44. The van der Waals surface area contributed by atoms with Crippen LogP contribution in [0, 0.1) is 5.92 Å². The Morgan fingerprint density at radius 3 is 2.56 bits per heavy atom. The Morgan fingerprint density at radius 2 is 1.88 bits per heavy atom. The van der Waals surface area contributed by atoms with Crippen molar-refractivity contribution in [2.45, 2.75) is 25.3 Å². The van der Waals surface area contributed by atoms with Crippen LogP contribution in [0.5, 0.6) is 0 Å². The first kappa shape index (κ1) is 18.5. The molecule has 0 aliphatic carbocycles. The number of guanidine groups is 1. The molecule has 1 unspecified atom stereocenters. The minimum atomic E-state index is 0.451. The minimum Gasteiger partial charge on any atom is -0.369 e. The minimum absolute atomic E-state index is 0.451. The van der Waals surface area contributed by atoms with Crippen LogP contribution in [-0.4, -0.2) is 63.7 Å². The number of nitrogens with zero attached hydrogens (tertiary/aromatic N) is 3. The summed E-state index contributed by atoms with van der Waals surface area (Å²) in [6.45, 7) is 5.56. The predicted molar refractivity (Wildman–Crippen MR) is 109 cm³/mol. The summed E-state index contributed by atoms with van der Waals surface area (Å²) in [5.74, 6) is 1.71. The quantitative estimate of drug-likeness (QED) is 0.594. The fraction of sp³-hybridized carbons (Fsp3) is 0.632. The molecule has 0 amide bonds. The van der Waals surface area contributed by atoms with Gasteiger partial charge in [-0.05, 0) is 69.6 Å². The Morgan fingerprint density at radius 1 is 1.16 bits per heavy atom. The lowest BCUT2D eigenvalue weighted by Gasteiger charge is -2.29. The summed E-state index contributed by atoms with van der Waals surface area (Å²) in [5.41, 5.74) is 1.29. The third kappa shape index (κ3) is 5.35. The van der Waals surface area contributed by atoms with E-state index in [2.05, 4.69) is 72.7 Å². The van der Waals surface area contributed by atoms with Gasteiger partial charge in [0.15, 0.2) is 5.96 Å². The van der Waals surface area contributed by atoms with Gasteiger partial charge in [0.25, 0.3) is 0 Å². The van der Waals surface area contributed by atoms with Gasteiger partial charge in [0, 0.05) is 42.9 Å². The number of likely N-dealkylation sites (tertiary alicyclic amines) is 1. The van der Waals surface area contributed by atoms with E-state index in [1.807, 2.05) is 7.05 Å². The summed E-state index contributed by atoms with van der Waals surface area (Å²) in [5, 5.41) is 7.14. The van der Waals surface area contributed by atoms with Gasteiger partial charge in [-0.25, -0.2) is 0 Å². The summed E-state index contributed by atoms with van der Waals surface area (Å²) in [4.78, 5) is 9.27. The zero-order valence-electron chi connectivity index (χ0n) is 15.3. The second-order valence-electron chi connectivity index (χ2n) is 7.25. The lowest BCUT2D eigenvalue weighted by molar-refractivity contribution is 0.220. The first-order valence-electron chi connectivity index (χ1n) is 9.30. The van der Waals surface area contributed by atoms with Crippen molar-refractivity contribution in [3.63, 3.8) is 0 Å². The molecular formula is C19H30BrN5. The number of aliphatic imine (C=N–C) groups is 1. The van der Waals surface area contributed by atoms with Crippen LogP contribution >= 0.6 is 15.9 Å². The Kier molecular flexibility index (Phi) is 6.59. The standard InChI is InChI=1S/C19H30BrN5/c1-21-19(22-13-15-7-10-24(2)11-8-15)23-17-9-12-25(14-17)18-5-3-16(20)4-6-18/h3-6,15,17H,7-14H2,1-2H3,(H2,21,22,23). The molecule has 0 bridgehead atoms. The summed E-state index contributed by atoms with van der Waals surface area (Å²) in [7, 11) is 4.08. The maximum atomic E-state index is 4.42.